The molecule has 1 aromatic heterocycles. The van der Waals surface area contributed by atoms with Crippen molar-refractivity contribution in [3.8, 4) is 5.88 Å². The fourth-order valence-corrected chi connectivity index (χ4v) is 3.57. The lowest BCUT2D eigenvalue weighted by Gasteiger charge is -2.52. The molecular formula is C19H21N3O3. The number of amides is 1. The smallest absolute Gasteiger partial charge is 0.254 e. The molecule has 4 rings (SSSR count). The summed E-state index contributed by atoms with van der Waals surface area (Å²) in [7, 11) is 0. The maximum Gasteiger partial charge on any atom is 0.254 e. The van der Waals surface area contributed by atoms with Gasteiger partial charge in [-0.15, -0.1) is 0 Å². The number of hydrogen-bond acceptors (Lipinski definition) is 5. The van der Waals surface area contributed by atoms with Crippen LogP contribution in [-0.2, 0) is 4.74 Å². The standard InChI is InChI=1S/C19H21N3O3/c1-14-3-2-4-15(9-14)18(23)22-12-19(13-22)10-16(5-8-24-19)25-17-11-20-6-7-21-17/h2-4,6-7,9,11,16H,5,8,10,12-13H2,1H3/t16-/m0/s1. The molecule has 1 spiro atoms. The molecule has 1 amide bonds. The van der Waals surface area contributed by atoms with E-state index in [1.165, 1.54) is 0 Å². The molecule has 0 N–H and O–H groups in total. The number of ether oxygens (including phenoxy) is 2. The van der Waals surface area contributed by atoms with Gasteiger partial charge in [-0.2, -0.15) is 0 Å². The lowest BCUT2D eigenvalue weighted by molar-refractivity contribution is -0.174. The minimum atomic E-state index is -0.287. The summed E-state index contributed by atoms with van der Waals surface area (Å²) in [4.78, 5) is 22.6. The monoisotopic (exact) mass is 339 g/mol. The van der Waals surface area contributed by atoms with E-state index in [0.717, 1.165) is 24.0 Å². The van der Waals surface area contributed by atoms with E-state index in [4.69, 9.17) is 9.47 Å². The lowest BCUT2D eigenvalue weighted by atomic mass is 9.84. The topological polar surface area (TPSA) is 64.6 Å². The van der Waals surface area contributed by atoms with Crippen LogP contribution in [0.15, 0.2) is 42.9 Å². The molecule has 6 heteroatoms. The quantitative estimate of drug-likeness (QED) is 0.858. The Morgan fingerprint density at radius 2 is 2.24 bits per heavy atom. The third-order valence-electron chi connectivity index (χ3n) is 4.78. The lowest BCUT2D eigenvalue weighted by Crippen LogP contribution is -2.67. The van der Waals surface area contributed by atoms with E-state index >= 15 is 0 Å². The highest BCUT2D eigenvalue weighted by molar-refractivity contribution is 5.95. The van der Waals surface area contributed by atoms with Gasteiger partial charge in [0.1, 0.15) is 11.7 Å². The van der Waals surface area contributed by atoms with E-state index in [-0.39, 0.29) is 17.6 Å². The highest BCUT2D eigenvalue weighted by Crippen LogP contribution is 2.36. The van der Waals surface area contributed by atoms with E-state index < -0.39 is 0 Å². The van der Waals surface area contributed by atoms with Gasteiger partial charge in [0.15, 0.2) is 0 Å². The SMILES string of the molecule is Cc1cccc(C(=O)N2CC3(C[C@@H](Oc4cnccn4)CCO3)C2)c1. The second-order valence-electron chi connectivity index (χ2n) is 6.84. The fourth-order valence-electron chi connectivity index (χ4n) is 3.57. The third-order valence-corrected chi connectivity index (χ3v) is 4.78. The molecule has 3 heterocycles. The zero-order valence-corrected chi connectivity index (χ0v) is 14.2. The van der Waals surface area contributed by atoms with Gasteiger partial charge in [0.2, 0.25) is 5.88 Å². The predicted octanol–water partition coefficient (Wildman–Crippen LogP) is 2.24. The van der Waals surface area contributed by atoms with Crippen LogP contribution in [0.1, 0.15) is 28.8 Å². The number of benzene rings is 1. The van der Waals surface area contributed by atoms with Gasteiger partial charge in [-0.05, 0) is 19.1 Å². The van der Waals surface area contributed by atoms with E-state index in [0.29, 0.717) is 25.6 Å². The molecule has 0 unspecified atom stereocenters. The summed E-state index contributed by atoms with van der Waals surface area (Å²) in [6, 6.07) is 7.70. The number of rotatable bonds is 3. The number of hydrogen-bond donors (Lipinski definition) is 0. The van der Waals surface area contributed by atoms with Crippen LogP contribution in [0.25, 0.3) is 0 Å². The highest BCUT2D eigenvalue weighted by atomic mass is 16.5. The zero-order chi connectivity index (χ0) is 17.3. The summed E-state index contributed by atoms with van der Waals surface area (Å²) in [6.45, 7) is 3.85. The Morgan fingerprint density at radius 3 is 3.00 bits per heavy atom. The summed E-state index contributed by atoms with van der Waals surface area (Å²) in [5.41, 5.74) is 1.54. The van der Waals surface area contributed by atoms with Crippen molar-refractivity contribution in [3.05, 3.63) is 54.0 Å². The maximum atomic E-state index is 12.6. The molecule has 2 aliphatic rings. The molecule has 0 aliphatic carbocycles. The Bertz CT molecular complexity index is 760. The van der Waals surface area contributed by atoms with Gasteiger partial charge in [-0.3, -0.25) is 9.78 Å². The van der Waals surface area contributed by atoms with Crippen molar-refractivity contribution < 1.29 is 14.3 Å². The summed E-state index contributed by atoms with van der Waals surface area (Å²) < 4.78 is 11.9. The van der Waals surface area contributed by atoms with Gasteiger partial charge < -0.3 is 14.4 Å². The summed E-state index contributed by atoms with van der Waals surface area (Å²) in [5, 5.41) is 0. The first-order valence-corrected chi connectivity index (χ1v) is 8.56. The number of carbonyl (C=O) groups excluding carboxylic acids is 1. The van der Waals surface area contributed by atoms with Crippen molar-refractivity contribution >= 4 is 5.91 Å². The van der Waals surface area contributed by atoms with Gasteiger partial charge in [0.25, 0.3) is 5.91 Å². The number of aromatic nitrogens is 2. The normalized spacial score (nSPS) is 21.6. The predicted molar refractivity (Wildman–Crippen MR) is 91.4 cm³/mol. The van der Waals surface area contributed by atoms with Crippen LogP contribution < -0.4 is 4.74 Å². The Balaban J connectivity index is 1.37. The van der Waals surface area contributed by atoms with Crippen LogP contribution in [0.4, 0.5) is 0 Å². The van der Waals surface area contributed by atoms with Crippen LogP contribution >= 0.6 is 0 Å². The van der Waals surface area contributed by atoms with E-state index in [9.17, 15) is 4.79 Å². The van der Waals surface area contributed by atoms with Gasteiger partial charge >= 0.3 is 0 Å². The molecule has 1 aromatic carbocycles. The molecule has 2 aliphatic heterocycles. The molecular weight excluding hydrogens is 318 g/mol. The number of nitrogens with zero attached hydrogens (tertiary/aromatic N) is 3. The fraction of sp³-hybridized carbons (Fsp3) is 0.421. The van der Waals surface area contributed by atoms with Crippen LogP contribution in [0.2, 0.25) is 0 Å². The van der Waals surface area contributed by atoms with E-state index in [1.54, 1.807) is 18.6 Å². The Labute approximate surface area is 146 Å². The van der Waals surface area contributed by atoms with Crippen molar-refractivity contribution in [2.45, 2.75) is 31.5 Å². The molecule has 0 radical (unpaired) electrons. The highest BCUT2D eigenvalue weighted by Gasteiger charge is 2.50. The first-order chi connectivity index (χ1) is 12.1. The first kappa shape index (κ1) is 16.0. The largest absolute Gasteiger partial charge is 0.473 e. The van der Waals surface area contributed by atoms with Crippen molar-refractivity contribution in [3.63, 3.8) is 0 Å². The van der Waals surface area contributed by atoms with Crippen LogP contribution in [0.3, 0.4) is 0 Å². The second kappa shape index (κ2) is 6.44. The minimum absolute atomic E-state index is 0.0432. The van der Waals surface area contributed by atoms with Crippen molar-refractivity contribution in [2.24, 2.45) is 0 Å². The van der Waals surface area contributed by atoms with Gasteiger partial charge in [0, 0.05) is 30.8 Å². The van der Waals surface area contributed by atoms with Gasteiger partial charge in [0.05, 0.1) is 25.9 Å². The van der Waals surface area contributed by atoms with Crippen LogP contribution in [0, 0.1) is 6.92 Å². The third kappa shape index (κ3) is 3.35. The average Bonchev–Trinajstić information content (AvgIpc) is 2.60. The van der Waals surface area contributed by atoms with E-state index in [1.807, 2.05) is 36.1 Å². The summed E-state index contributed by atoms with van der Waals surface area (Å²) >= 11 is 0. The number of likely N-dealkylation sites (tertiary alicyclic amines) is 1. The molecule has 1 atom stereocenters. The number of carbonyl (C=O) groups is 1. The molecule has 6 nitrogen and oxygen atoms in total. The number of aryl methyl sites for hydroxylation is 1. The Morgan fingerprint density at radius 1 is 1.36 bits per heavy atom. The van der Waals surface area contributed by atoms with Crippen LogP contribution in [-0.4, -0.2) is 52.2 Å². The zero-order valence-electron chi connectivity index (χ0n) is 14.2. The molecule has 0 bridgehead atoms. The van der Waals surface area contributed by atoms with Crippen LogP contribution in [0.5, 0.6) is 5.88 Å². The maximum absolute atomic E-state index is 12.6. The van der Waals surface area contributed by atoms with Gasteiger partial charge in [-0.25, -0.2) is 4.98 Å². The van der Waals surface area contributed by atoms with Crippen molar-refractivity contribution in [1.29, 1.82) is 0 Å². The molecule has 130 valence electrons. The van der Waals surface area contributed by atoms with Gasteiger partial charge in [-0.1, -0.05) is 17.7 Å². The molecule has 2 fully saturated rings. The van der Waals surface area contributed by atoms with Crippen molar-refractivity contribution in [1.82, 2.24) is 14.9 Å². The minimum Gasteiger partial charge on any atom is -0.473 e. The Kier molecular flexibility index (Phi) is 4.13. The first-order valence-electron chi connectivity index (χ1n) is 8.56. The average molecular weight is 339 g/mol. The van der Waals surface area contributed by atoms with Crippen molar-refractivity contribution in [2.75, 3.05) is 19.7 Å². The second-order valence-corrected chi connectivity index (χ2v) is 6.84. The molecule has 2 aromatic rings. The summed E-state index contributed by atoms with van der Waals surface area (Å²) in [5.74, 6) is 0.603. The summed E-state index contributed by atoms with van der Waals surface area (Å²) in [6.07, 6.45) is 6.50. The van der Waals surface area contributed by atoms with E-state index in [2.05, 4.69) is 9.97 Å². The molecule has 2 saturated heterocycles. The molecule has 0 saturated carbocycles. The Hall–Kier alpha value is -2.47. The molecule has 25 heavy (non-hydrogen) atoms.